The number of nitrogens with zero attached hydrogens (tertiary/aromatic N) is 1. The van der Waals surface area contributed by atoms with Gasteiger partial charge in [0.25, 0.3) is 17.7 Å². The largest absolute Gasteiger partial charge is 0.479 e. The second-order valence-corrected chi connectivity index (χ2v) is 6.01. The number of nitrogens with one attached hydrogen (secondary N) is 1. The molecule has 1 aliphatic heterocycles. The van der Waals surface area contributed by atoms with Crippen molar-refractivity contribution in [3.63, 3.8) is 0 Å². The molecule has 1 aromatic carbocycles. The normalized spacial score (nSPS) is 14.4. The van der Waals surface area contributed by atoms with Crippen LogP contribution in [0.1, 0.15) is 22.8 Å². The summed E-state index contributed by atoms with van der Waals surface area (Å²) in [6.45, 7) is 2.53. The minimum atomic E-state index is -1.03. The monoisotopic (exact) mass is 390 g/mol. The number of hydrogen-bond acceptors (Lipinski definition) is 6. The Morgan fingerprint density at radius 1 is 1.07 bits per heavy atom. The number of aliphatic carboxylic acids is 1. The molecule has 1 heterocycles. The molecule has 0 fully saturated rings. The van der Waals surface area contributed by atoms with Crippen LogP contribution >= 0.6 is 0 Å². The highest BCUT2D eigenvalue weighted by atomic mass is 16.5. The van der Waals surface area contributed by atoms with Crippen molar-refractivity contribution in [2.24, 2.45) is 0 Å². The van der Waals surface area contributed by atoms with Crippen molar-refractivity contribution in [3.8, 4) is 0 Å². The molecule has 0 spiro atoms. The van der Waals surface area contributed by atoms with Crippen LogP contribution in [0.25, 0.3) is 0 Å². The van der Waals surface area contributed by atoms with Gasteiger partial charge in [0, 0.05) is 24.3 Å². The van der Waals surface area contributed by atoms with Crippen LogP contribution in [0, 0.1) is 0 Å². The Bertz CT molecular complexity index is 740. The molecule has 150 valence electrons. The molecule has 1 unspecified atom stereocenters. The second-order valence-electron chi connectivity index (χ2n) is 6.01. The van der Waals surface area contributed by atoms with Crippen LogP contribution < -0.4 is 5.32 Å². The third-order valence-electron chi connectivity index (χ3n) is 3.93. The van der Waals surface area contributed by atoms with Crippen LogP contribution in [-0.2, 0) is 30.4 Å². The molecule has 0 aliphatic carbocycles. The minimum absolute atomic E-state index is 0.153. The van der Waals surface area contributed by atoms with E-state index in [9.17, 15) is 19.2 Å². The van der Waals surface area contributed by atoms with Crippen LogP contribution in [0.15, 0.2) is 36.4 Å². The summed E-state index contributed by atoms with van der Waals surface area (Å²) in [5, 5.41) is 11.4. The van der Waals surface area contributed by atoms with Crippen molar-refractivity contribution in [1.82, 2.24) is 10.2 Å². The lowest BCUT2D eigenvalue weighted by atomic mass is 10.1. The number of carboxylic acid groups (broad SMARTS) is 1. The van der Waals surface area contributed by atoms with Crippen LogP contribution in [0.4, 0.5) is 0 Å². The zero-order valence-corrected chi connectivity index (χ0v) is 15.4. The Morgan fingerprint density at radius 3 is 2.32 bits per heavy atom. The van der Waals surface area contributed by atoms with Gasteiger partial charge in [0.15, 0.2) is 6.10 Å². The van der Waals surface area contributed by atoms with Crippen LogP contribution in [0.5, 0.6) is 0 Å². The van der Waals surface area contributed by atoms with Gasteiger partial charge in [-0.1, -0.05) is 12.1 Å². The van der Waals surface area contributed by atoms with Gasteiger partial charge in [-0.05, 0) is 24.6 Å². The Kier molecular flexibility index (Phi) is 7.85. The summed E-state index contributed by atoms with van der Waals surface area (Å²) in [6, 6.07) is 6.60. The molecule has 0 saturated carbocycles. The zero-order valence-electron chi connectivity index (χ0n) is 15.4. The first-order valence-corrected chi connectivity index (χ1v) is 8.71. The summed E-state index contributed by atoms with van der Waals surface area (Å²) in [7, 11) is 0. The van der Waals surface area contributed by atoms with E-state index < -0.39 is 12.1 Å². The van der Waals surface area contributed by atoms with Gasteiger partial charge in [0.05, 0.1) is 26.4 Å². The van der Waals surface area contributed by atoms with Gasteiger partial charge in [-0.25, -0.2) is 4.79 Å². The Morgan fingerprint density at radius 2 is 1.71 bits per heavy atom. The van der Waals surface area contributed by atoms with Crippen molar-refractivity contribution in [1.29, 1.82) is 0 Å². The number of ether oxygens (including phenoxy) is 2. The standard InChI is InChI=1S/C19H22N2O7/c1-13(19(25)26)28-11-10-27-9-8-20-18(24)15-4-2-14(3-5-15)12-21-16(22)6-7-17(21)23/h2-7,13H,8-12H2,1H3,(H,20,24)(H,25,26). The highest BCUT2D eigenvalue weighted by Gasteiger charge is 2.23. The smallest absolute Gasteiger partial charge is 0.332 e. The molecule has 0 saturated heterocycles. The van der Waals surface area contributed by atoms with E-state index in [4.69, 9.17) is 14.6 Å². The molecule has 2 rings (SSSR count). The summed E-state index contributed by atoms with van der Waals surface area (Å²) in [5.74, 6) is -2.02. The SMILES string of the molecule is CC(OCCOCCNC(=O)c1ccc(CN2C(=O)C=CC2=O)cc1)C(=O)O. The molecule has 3 amide bonds. The van der Waals surface area contributed by atoms with Crippen molar-refractivity contribution in [2.75, 3.05) is 26.4 Å². The number of carbonyl (C=O) groups excluding carboxylic acids is 3. The fraction of sp³-hybridized carbons (Fsp3) is 0.368. The second kappa shape index (κ2) is 10.3. The lowest BCUT2D eigenvalue weighted by Gasteiger charge is -2.14. The summed E-state index contributed by atoms with van der Waals surface area (Å²) in [5.41, 5.74) is 1.18. The van der Waals surface area contributed by atoms with E-state index in [1.165, 1.54) is 19.1 Å². The van der Waals surface area contributed by atoms with Gasteiger partial charge >= 0.3 is 5.97 Å². The summed E-state index contributed by atoms with van der Waals surface area (Å²) in [6.07, 6.45) is 1.57. The van der Waals surface area contributed by atoms with Gasteiger partial charge in [-0.3, -0.25) is 19.3 Å². The lowest BCUT2D eigenvalue weighted by Crippen LogP contribution is -2.29. The summed E-state index contributed by atoms with van der Waals surface area (Å²) < 4.78 is 10.3. The number of carbonyl (C=O) groups is 4. The van der Waals surface area contributed by atoms with Crippen molar-refractivity contribution < 1.29 is 33.8 Å². The first kappa shape index (κ1) is 21.3. The highest BCUT2D eigenvalue weighted by molar-refractivity contribution is 6.12. The Hall–Kier alpha value is -3.04. The van der Waals surface area contributed by atoms with E-state index in [1.54, 1.807) is 24.3 Å². The topological polar surface area (TPSA) is 122 Å². The highest BCUT2D eigenvalue weighted by Crippen LogP contribution is 2.12. The van der Waals surface area contributed by atoms with Crippen LogP contribution in [0.3, 0.4) is 0 Å². The maximum absolute atomic E-state index is 12.1. The maximum atomic E-state index is 12.1. The molecule has 1 aromatic rings. The number of hydrogen-bond donors (Lipinski definition) is 2. The van der Waals surface area contributed by atoms with Crippen LogP contribution in [-0.4, -0.2) is 66.2 Å². The van der Waals surface area contributed by atoms with Crippen LogP contribution in [0.2, 0.25) is 0 Å². The number of rotatable bonds is 11. The minimum Gasteiger partial charge on any atom is -0.479 e. The molecule has 1 aliphatic rings. The van der Waals surface area contributed by atoms with Gasteiger partial charge in [0.1, 0.15) is 0 Å². The molecule has 0 radical (unpaired) electrons. The predicted octanol–water partition coefficient (Wildman–Crippen LogP) is 0.348. The predicted molar refractivity (Wildman–Crippen MR) is 97.3 cm³/mol. The quantitative estimate of drug-likeness (QED) is 0.413. The fourth-order valence-corrected chi connectivity index (χ4v) is 2.33. The molecular weight excluding hydrogens is 368 g/mol. The molecule has 1 atom stereocenters. The van der Waals surface area contributed by atoms with Gasteiger partial charge in [-0.15, -0.1) is 0 Å². The van der Waals surface area contributed by atoms with Crippen molar-refractivity contribution in [2.45, 2.75) is 19.6 Å². The van der Waals surface area contributed by atoms with E-state index in [2.05, 4.69) is 5.32 Å². The van der Waals surface area contributed by atoms with Crippen molar-refractivity contribution >= 4 is 23.7 Å². The number of imide groups is 1. The molecule has 0 bridgehead atoms. The van der Waals surface area contributed by atoms with Gasteiger partial charge < -0.3 is 19.9 Å². The number of amides is 3. The molecule has 9 heteroatoms. The summed E-state index contributed by atoms with van der Waals surface area (Å²) in [4.78, 5) is 46.9. The average molecular weight is 390 g/mol. The third-order valence-corrected chi connectivity index (χ3v) is 3.93. The van der Waals surface area contributed by atoms with E-state index >= 15 is 0 Å². The molecular formula is C19H22N2O7. The summed E-state index contributed by atoms with van der Waals surface area (Å²) >= 11 is 0. The fourth-order valence-electron chi connectivity index (χ4n) is 2.33. The third kappa shape index (κ3) is 6.29. The number of carboxylic acids is 1. The average Bonchev–Trinajstić information content (AvgIpc) is 2.99. The molecule has 2 N–H and O–H groups in total. The molecule has 28 heavy (non-hydrogen) atoms. The first-order valence-electron chi connectivity index (χ1n) is 8.71. The maximum Gasteiger partial charge on any atom is 0.332 e. The molecule has 9 nitrogen and oxygen atoms in total. The lowest BCUT2D eigenvalue weighted by molar-refractivity contribution is -0.150. The van der Waals surface area contributed by atoms with E-state index in [0.717, 1.165) is 10.5 Å². The molecule has 0 aromatic heterocycles. The van der Waals surface area contributed by atoms with Gasteiger partial charge in [0.2, 0.25) is 0 Å². The van der Waals surface area contributed by atoms with E-state index in [-0.39, 0.29) is 50.6 Å². The van der Waals surface area contributed by atoms with Crippen molar-refractivity contribution in [3.05, 3.63) is 47.5 Å². The number of benzene rings is 1. The van der Waals surface area contributed by atoms with E-state index in [1.807, 2.05) is 0 Å². The first-order chi connectivity index (χ1) is 13.4. The van der Waals surface area contributed by atoms with E-state index in [0.29, 0.717) is 5.56 Å². The Labute approximate surface area is 161 Å². The zero-order chi connectivity index (χ0) is 20.5. The van der Waals surface area contributed by atoms with Gasteiger partial charge in [-0.2, -0.15) is 0 Å². The Balaban J connectivity index is 1.65.